The number of rotatable bonds is 3. The average Bonchev–Trinajstić information content (AvgIpc) is 2.84. The van der Waals surface area contributed by atoms with E-state index in [1.54, 1.807) is 14.1 Å². The molecule has 1 aliphatic heterocycles. The third-order valence-corrected chi connectivity index (χ3v) is 5.31. The predicted molar refractivity (Wildman–Crippen MR) is 99.3 cm³/mol. The quantitative estimate of drug-likeness (QED) is 0.826. The Hall–Kier alpha value is -1.26. The molecule has 1 fully saturated rings. The van der Waals surface area contributed by atoms with Crippen LogP contribution in [0.15, 0.2) is 18.2 Å². The summed E-state index contributed by atoms with van der Waals surface area (Å²) < 4.78 is 5.61. The van der Waals surface area contributed by atoms with Crippen LogP contribution in [-0.4, -0.2) is 49.1 Å². The molecule has 1 aromatic rings. The van der Waals surface area contributed by atoms with E-state index in [9.17, 15) is 4.79 Å². The van der Waals surface area contributed by atoms with Gasteiger partial charge in [0, 0.05) is 32.6 Å². The summed E-state index contributed by atoms with van der Waals surface area (Å²) in [5.74, 6) is 1.98. The first kappa shape index (κ1) is 19.1. The zero-order chi connectivity index (χ0) is 16.6. The Morgan fingerprint density at radius 2 is 2.12 bits per heavy atom. The zero-order valence-electron chi connectivity index (χ0n) is 15.1. The van der Waals surface area contributed by atoms with Gasteiger partial charge in [0.2, 0.25) is 0 Å². The molecular formula is C19H29ClN2O2. The van der Waals surface area contributed by atoms with Crippen LogP contribution in [-0.2, 0) is 6.42 Å². The molecule has 2 aliphatic rings. The fraction of sp³-hybridized carbons (Fsp3) is 0.632. The molecule has 0 aromatic heterocycles. The van der Waals surface area contributed by atoms with Gasteiger partial charge in [-0.2, -0.15) is 0 Å². The number of ether oxygens (including phenoxy) is 1. The zero-order valence-corrected chi connectivity index (χ0v) is 15.9. The maximum atomic E-state index is 11.9. The first-order chi connectivity index (χ1) is 11.0. The van der Waals surface area contributed by atoms with Crippen LogP contribution in [0.4, 0.5) is 4.79 Å². The van der Waals surface area contributed by atoms with Crippen LogP contribution in [0.2, 0.25) is 0 Å². The Bertz CT molecular complexity index is 591. The van der Waals surface area contributed by atoms with Gasteiger partial charge in [-0.1, -0.05) is 26.0 Å². The van der Waals surface area contributed by atoms with E-state index in [0.717, 1.165) is 12.2 Å². The summed E-state index contributed by atoms with van der Waals surface area (Å²) in [5.41, 5.74) is 2.64. The van der Waals surface area contributed by atoms with Crippen molar-refractivity contribution in [2.24, 2.45) is 5.92 Å². The highest BCUT2D eigenvalue weighted by Crippen LogP contribution is 2.46. The fourth-order valence-corrected chi connectivity index (χ4v) is 4.38. The minimum absolute atomic E-state index is 0. The molecule has 1 saturated heterocycles. The molecular weight excluding hydrogens is 324 g/mol. The van der Waals surface area contributed by atoms with Gasteiger partial charge in [-0.25, -0.2) is 4.79 Å². The van der Waals surface area contributed by atoms with E-state index < -0.39 is 0 Å². The molecule has 0 bridgehead atoms. The highest BCUT2D eigenvalue weighted by atomic mass is 35.5. The van der Waals surface area contributed by atoms with Gasteiger partial charge in [0.1, 0.15) is 5.75 Å². The van der Waals surface area contributed by atoms with Crippen LogP contribution < -0.4 is 4.74 Å². The number of nitrogens with zero attached hydrogens (tertiary/aromatic N) is 2. The predicted octanol–water partition coefficient (Wildman–Crippen LogP) is 3.93. The van der Waals surface area contributed by atoms with Crippen molar-refractivity contribution in [1.29, 1.82) is 0 Å². The summed E-state index contributed by atoms with van der Waals surface area (Å²) in [6, 6.07) is 6.86. The van der Waals surface area contributed by atoms with E-state index >= 15 is 0 Å². The van der Waals surface area contributed by atoms with Crippen LogP contribution in [0.3, 0.4) is 0 Å². The molecule has 0 N–H and O–H groups in total. The summed E-state index contributed by atoms with van der Waals surface area (Å²) in [7, 11) is 3.44. The summed E-state index contributed by atoms with van der Waals surface area (Å²) in [4.78, 5) is 16.1. The molecule has 1 aliphatic carbocycles. The van der Waals surface area contributed by atoms with Gasteiger partial charge in [0.15, 0.2) is 0 Å². The Morgan fingerprint density at radius 1 is 1.38 bits per heavy atom. The molecule has 5 heteroatoms. The SMILES string of the molecule is CCCN1C[C@H](C)C2c3cccc(OC(=O)N(C)C)c3CCC21.Cl. The number of amides is 1. The summed E-state index contributed by atoms with van der Waals surface area (Å²) in [6.45, 7) is 7.00. The molecule has 1 amide bonds. The molecule has 3 atom stereocenters. The molecule has 0 spiro atoms. The van der Waals surface area contributed by atoms with Crippen molar-refractivity contribution >= 4 is 18.5 Å². The number of halogens is 1. The van der Waals surface area contributed by atoms with Gasteiger partial charge in [-0.05, 0) is 48.9 Å². The normalized spacial score (nSPS) is 25.4. The van der Waals surface area contributed by atoms with Crippen molar-refractivity contribution in [2.45, 2.75) is 45.1 Å². The van der Waals surface area contributed by atoms with E-state index in [2.05, 4.69) is 24.8 Å². The lowest BCUT2D eigenvalue weighted by molar-refractivity contribution is 0.170. The molecule has 3 rings (SSSR count). The number of carbonyl (C=O) groups excluding carboxylic acids is 1. The van der Waals surface area contributed by atoms with E-state index in [4.69, 9.17) is 4.74 Å². The Balaban J connectivity index is 0.00000208. The van der Waals surface area contributed by atoms with E-state index in [1.807, 2.05) is 12.1 Å². The molecule has 1 heterocycles. The van der Waals surface area contributed by atoms with Crippen LogP contribution in [0.25, 0.3) is 0 Å². The highest BCUT2D eigenvalue weighted by Gasteiger charge is 2.43. The maximum absolute atomic E-state index is 11.9. The third kappa shape index (κ3) is 3.40. The van der Waals surface area contributed by atoms with Crippen molar-refractivity contribution in [1.82, 2.24) is 9.80 Å². The lowest BCUT2D eigenvalue weighted by atomic mass is 9.75. The van der Waals surface area contributed by atoms with Gasteiger partial charge in [-0.3, -0.25) is 4.90 Å². The Morgan fingerprint density at radius 3 is 2.79 bits per heavy atom. The number of benzene rings is 1. The molecule has 24 heavy (non-hydrogen) atoms. The molecule has 1 aromatic carbocycles. The van der Waals surface area contributed by atoms with Crippen LogP contribution >= 0.6 is 12.4 Å². The number of fused-ring (bicyclic) bond motifs is 3. The Labute approximate surface area is 151 Å². The van der Waals surface area contributed by atoms with Gasteiger partial charge in [0.05, 0.1) is 0 Å². The number of likely N-dealkylation sites (tertiary alicyclic amines) is 1. The van der Waals surface area contributed by atoms with Crippen molar-refractivity contribution in [2.75, 3.05) is 27.2 Å². The van der Waals surface area contributed by atoms with Crippen molar-refractivity contribution in [3.63, 3.8) is 0 Å². The number of hydrogen-bond acceptors (Lipinski definition) is 3. The summed E-state index contributed by atoms with van der Waals surface area (Å²) >= 11 is 0. The largest absolute Gasteiger partial charge is 0.414 e. The molecule has 134 valence electrons. The number of carbonyl (C=O) groups is 1. The average molecular weight is 353 g/mol. The molecule has 0 radical (unpaired) electrons. The molecule has 2 unspecified atom stereocenters. The van der Waals surface area contributed by atoms with Gasteiger partial charge in [0.25, 0.3) is 0 Å². The van der Waals surface area contributed by atoms with E-state index in [1.165, 1.54) is 42.0 Å². The minimum Gasteiger partial charge on any atom is -0.410 e. The summed E-state index contributed by atoms with van der Waals surface area (Å²) in [5, 5.41) is 0. The fourth-order valence-electron chi connectivity index (χ4n) is 4.38. The molecule has 0 saturated carbocycles. The standard InChI is InChI=1S/C19H28N2O2.ClH/c1-5-11-21-12-13(2)18-15-7-6-8-17(23-19(22)20(3)4)14(15)9-10-16(18)21;/h6-8,13,16,18H,5,9-12H2,1-4H3;1H/t13-,16?,18?;/m0./s1. The van der Waals surface area contributed by atoms with Crippen molar-refractivity contribution in [3.05, 3.63) is 29.3 Å². The van der Waals surface area contributed by atoms with E-state index in [-0.39, 0.29) is 18.5 Å². The topological polar surface area (TPSA) is 32.8 Å². The monoisotopic (exact) mass is 352 g/mol. The highest BCUT2D eigenvalue weighted by molar-refractivity contribution is 5.85. The molecule has 4 nitrogen and oxygen atoms in total. The van der Waals surface area contributed by atoms with Gasteiger partial charge < -0.3 is 9.64 Å². The summed E-state index contributed by atoms with van der Waals surface area (Å²) in [6.07, 6.45) is 3.08. The second-order valence-electron chi connectivity index (χ2n) is 7.19. The minimum atomic E-state index is -0.299. The van der Waals surface area contributed by atoms with E-state index in [0.29, 0.717) is 17.9 Å². The second kappa shape index (κ2) is 7.75. The van der Waals surface area contributed by atoms with Crippen molar-refractivity contribution in [3.8, 4) is 5.75 Å². The smallest absolute Gasteiger partial charge is 0.410 e. The second-order valence-corrected chi connectivity index (χ2v) is 7.19. The lowest BCUT2D eigenvalue weighted by Gasteiger charge is -2.34. The maximum Gasteiger partial charge on any atom is 0.414 e. The van der Waals surface area contributed by atoms with Crippen LogP contribution in [0.5, 0.6) is 5.75 Å². The first-order valence-corrected chi connectivity index (χ1v) is 8.77. The first-order valence-electron chi connectivity index (χ1n) is 8.77. The lowest BCUT2D eigenvalue weighted by Crippen LogP contribution is -2.36. The van der Waals surface area contributed by atoms with Gasteiger partial charge in [-0.15, -0.1) is 12.4 Å². The van der Waals surface area contributed by atoms with Crippen molar-refractivity contribution < 1.29 is 9.53 Å². The Kier molecular flexibility index (Phi) is 6.16. The van der Waals surface area contributed by atoms with Crippen LogP contribution in [0, 0.1) is 5.92 Å². The third-order valence-electron chi connectivity index (χ3n) is 5.31. The van der Waals surface area contributed by atoms with Crippen LogP contribution in [0.1, 0.15) is 43.7 Å². The number of hydrogen-bond donors (Lipinski definition) is 0. The van der Waals surface area contributed by atoms with Gasteiger partial charge >= 0.3 is 6.09 Å².